The Hall–Kier alpha value is -5.53. The molecule has 3 N–H and O–H groups in total. The Kier molecular flexibility index (Phi) is 7.65. The van der Waals surface area contributed by atoms with Crippen molar-refractivity contribution >= 4 is 35.3 Å². The Morgan fingerprint density at radius 2 is 1.67 bits per heavy atom. The van der Waals surface area contributed by atoms with Crippen LogP contribution in [0.25, 0.3) is 16.8 Å². The molecule has 0 bridgehead atoms. The fraction of sp³-hybridized carbons (Fsp3) is 0.0400. The predicted molar refractivity (Wildman–Crippen MR) is 133 cm³/mol. The van der Waals surface area contributed by atoms with Crippen molar-refractivity contribution in [3.63, 3.8) is 0 Å². The number of hydrogen-bond acceptors (Lipinski definition) is 6. The number of carboxylic acid groups (broad SMARTS) is 1. The van der Waals surface area contributed by atoms with Crippen molar-refractivity contribution in [3.8, 4) is 11.3 Å². The van der Waals surface area contributed by atoms with Crippen LogP contribution in [0.2, 0.25) is 0 Å². The van der Waals surface area contributed by atoms with E-state index in [1.807, 2.05) is 0 Å². The molecule has 14 heteroatoms. The van der Waals surface area contributed by atoms with E-state index < -0.39 is 40.5 Å². The standard InChI is InChI=1S/C24H16F3N7O2.CH2O2/c1-33-10-9-19(32-33)31-24(36)22-18-8-5-13(11-34(18)12-28-22)29-23(35)17-7-6-16(27)21(30-17)20-14(25)3-2-4-15(20)26;2-1-3/h2-12H,1H3,(H,29,35)(H,31,32,36);1H,(H,2,3). The highest BCUT2D eigenvalue weighted by Crippen LogP contribution is 2.27. The summed E-state index contributed by atoms with van der Waals surface area (Å²) >= 11 is 0. The van der Waals surface area contributed by atoms with Gasteiger partial charge in [-0.3, -0.25) is 19.1 Å². The first-order valence-electron chi connectivity index (χ1n) is 11.0. The largest absolute Gasteiger partial charge is 0.483 e. The molecule has 4 aromatic heterocycles. The number of amides is 2. The summed E-state index contributed by atoms with van der Waals surface area (Å²) in [6.07, 6.45) is 4.59. The maximum absolute atomic E-state index is 14.3. The van der Waals surface area contributed by atoms with Crippen LogP contribution in [0, 0.1) is 17.5 Å². The molecule has 0 spiro atoms. The Balaban J connectivity index is 0.00000112. The maximum Gasteiger partial charge on any atom is 0.290 e. The molecule has 0 atom stereocenters. The molecule has 5 rings (SSSR count). The molecule has 1 aromatic carbocycles. The number of nitrogens with zero attached hydrogens (tertiary/aromatic N) is 5. The van der Waals surface area contributed by atoms with Crippen LogP contribution in [0.5, 0.6) is 0 Å². The molecule has 0 aliphatic rings. The molecular formula is C25H18F3N7O4. The van der Waals surface area contributed by atoms with Crippen LogP contribution in [0.15, 0.2) is 67.3 Å². The number of carbonyl (C=O) groups is 3. The summed E-state index contributed by atoms with van der Waals surface area (Å²) in [5.74, 6) is -3.82. The van der Waals surface area contributed by atoms with E-state index in [-0.39, 0.29) is 17.9 Å². The smallest absolute Gasteiger partial charge is 0.290 e. The molecule has 198 valence electrons. The predicted octanol–water partition coefficient (Wildman–Crippen LogP) is 3.75. The van der Waals surface area contributed by atoms with Crippen LogP contribution >= 0.6 is 0 Å². The van der Waals surface area contributed by atoms with E-state index in [2.05, 4.69) is 25.7 Å². The van der Waals surface area contributed by atoms with Gasteiger partial charge < -0.3 is 20.1 Å². The SMILES string of the molecule is Cn1ccc(NC(=O)c2ncn3cc(NC(=O)c4ccc(F)c(-c5c(F)cccc5F)n4)ccc23)n1.O=CO. The van der Waals surface area contributed by atoms with Crippen LogP contribution in [0.3, 0.4) is 0 Å². The number of carbonyl (C=O) groups excluding carboxylic acids is 2. The van der Waals surface area contributed by atoms with Gasteiger partial charge in [-0.25, -0.2) is 23.1 Å². The van der Waals surface area contributed by atoms with Crippen LogP contribution in [-0.4, -0.2) is 47.5 Å². The van der Waals surface area contributed by atoms with Crippen molar-refractivity contribution < 1.29 is 32.7 Å². The zero-order chi connectivity index (χ0) is 28.1. The normalized spacial score (nSPS) is 10.5. The van der Waals surface area contributed by atoms with Crippen LogP contribution in [-0.2, 0) is 11.8 Å². The molecule has 0 aliphatic carbocycles. The van der Waals surface area contributed by atoms with E-state index in [0.717, 1.165) is 30.3 Å². The molecule has 11 nitrogen and oxygen atoms in total. The minimum atomic E-state index is -1.01. The maximum atomic E-state index is 14.3. The second-order valence-electron chi connectivity index (χ2n) is 7.82. The quantitative estimate of drug-likeness (QED) is 0.290. The molecule has 2 amide bonds. The number of fused-ring (bicyclic) bond motifs is 1. The van der Waals surface area contributed by atoms with Crippen molar-refractivity contribution in [2.75, 3.05) is 10.6 Å². The Labute approximate surface area is 217 Å². The van der Waals surface area contributed by atoms with Crippen molar-refractivity contribution in [2.24, 2.45) is 7.05 Å². The van der Waals surface area contributed by atoms with Gasteiger partial charge in [0.1, 0.15) is 35.2 Å². The molecule has 0 saturated heterocycles. The summed E-state index contributed by atoms with van der Waals surface area (Å²) in [6.45, 7) is -0.250. The van der Waals surface area contributed by atoms with Crippen molar-refractivity contribution in [1.82, 2.24) is 24.1 Å². The number of halogens is 3. The second-order valence-corrected chi connectivity index (χ2v) is 7.82. The number of nitrogens with one attached hydrogen (secondary N) is 2. The van der Waals surface area contributed by atoms with E-state index in [4.69, 9.17) is 9.90 Å². The Morgan fingerprint density at radius 3 is 2.33 bits per heavy atom. The van der Waals surface area contributed by atoms with Gasteiger partial charge in [-0.2, -0.15) is 5.10 Å². The van der Waals surface area contributed by atoms with Gasteiger partial charge in [0.15, 0.2) is 11.5 Å². The van der Waals surface area contributed by atoms with Gasteiger partial charge in [-0.1, -0.05) is 6.07 Å². The average Bonchev–Trinajstić information content (AvgIpc) is 3.50. The summed E-state index contributed by atoms with van der Waals surface area (Å²) in [7, 11) is 1.72. The van der Waals surface area contributed by atoms with Crippen molar-refractivity contribution in [2.45, 2.75) is 0 Å². The number of hydrogen-bond donors (Lipinski definition) is 3. The summed E-state index contributed by atoms with van der Waals surface area (Å²) in [5.41, 5.74) is -0.608. The fourth-order valence-electron chi connectivity index (χ4n) is 3.57. The lowest BCUT2D eigenvalue weighted by atomic mass is 10.1. The lowest BCUT2D eigenvalue weighted by Crippen LogP contribution is -2.15. The highest BCUT2D eigenvalue weighted by Gasteiger charge is 2.20. The lowest BCUT2D eigenvalue weighted by molar-refractivity contribution is -0.122. The molecule has 0 aliphatic heterocycles. The molecule has 5 aromatic rings. The molecule has 0 radical (unpaired) electrons. The zero-order valence-corrected chi connectivity index (χ0v) is 20.0. The van der Waals surface area contributed by atoms with Gasteiger partial charge in [0.05, 0.1) is 16.8 Å². The number of aromatic nitrogens is 5. The molecule has 4 heterocycles. The number of pyridine rings is 2. The van der Waals surface area contributed by atoms with Crippen LogP contribution in [0.1, 0.15) is 21.0 Å². The van der Waals surface area contributed by atoms with E-state index in [9.17, 15) is 22.8 Å². The van der Waals surface area contributed by atoms with Gasteiger partial charge in [0.2, 0.25) is 0 Å². The third kappa shape index (κ3) is 5.74. The molecule has 39 heavy (non-hydrogen) atoms. The lowest BCUT2D eigenvalue weighted by Gasteiger charge is -2.09. The minimum Gasteiger partial charge on any atom is -0.483 e. The summed E-state index contributed by atoms with van der Waals surface area (Å²) < 4.78 is 45.7. The van der Waals surface area contributed by atoms with Gasteiger partial charge in [-0.05, 0) is 36.4 Å². The van der Waals surface area contributed by atoms with Gasteiger partial charge >= 0.3 is 0 Å². The van der Waals surface area contributed by atoms with E-state index >= 15 is 0 Å². The van der Waals surface area contributed by atoms with Crippen LogP contribution in [0.4, 0.5) is 24.7 Å². The zero-order valence-electron chi connectivity index (χ0n) is 20.0. The first kappa shape index (κ1) is 26.5. The average molecular weight is 537 g/mol. The fourth-order valence-corrected chi connectivity index (χ4v) is 3.57. The number of aryl methyl sites for hydroxylation is 1. The van der Waals surface area contributed by atoms with E-state index in [0.29, 0.717) is 17.0 Å². The molecule has 0 fully saturated rings. The van der Waals surface area contributed by atoms with E-state index in [1.165, 1.54) is 23.0 Å². The Morgan fingerprint density at radius 1 is 0.949 bits per heavy atom. The number of rotatable bonds is 5. The Bertz CT molecular complexity index is 1680. The highest BCUT2D eigenvalue weighted by molar-refractivity contribution is 6.07. The summed E-state index contributed by atoms with van der Waals surface area (Å²) in [5, 5.41) is 16.2. The van der Waals surface area contributed by atoms with Crippen LogP contribution < -0.4 is 10.6 Å². The second kappa shape index (κ2) is 11.2. The monoisotopic (exact) mass is 537 g/mol. The van der Waals surface area contributed by atoms with Gasteiger partial charge in [0, 0.05) is 25.5 Å². The van der Waals surface area contributed by atoms with Crippen molar-refractivity contribution in [1.29, 1.82) is 0 Å². The summed E-state index contributed by atoms with van der Waals surface area (Å²) in [6, 6.07) is 9.84. The third-order valence-electron chi connectivity index (χ3n) is 5.24. The topological polar surface area (TPSA) is 144 Å². The van der Waals surface area contributed by atoms with Crippen molar-refractivity contribution in [3.05, 3.63) is 96.1 Å². The molecule has 0 saturated carbocycles. The third-order valence-corrected chi connectivity index (χ3v) is 5.24. The van der Waals surface area contributed by atoms with Gasteiger partial charge in [-0.15, -0.1) is 0 Å². The minimum absolute atomic E-state index is 0.148. The summed E-state index contributed by atoms with van der Waals surface area (Å²) in [4.78, 5) is 41.7. The first-order chi connectivity index (χ1) is 18.7. The number of imidazole rings is 1. The number of benzene rings is 1. The van der Waals surface area contributed by atoms with E-state index in [1.54, 1.807) is 30.1 Å². The van der Waals surface area contributed by atoms with Gasteiger partial charge in [0.25, 0.3) is 18.3 Å². The molecule has 0 unspecified atom stereocenters. The first-order valence-corrected chi connectivity index (χ1v) is 11.0. The molecular weight excluding hydrogens is 519 g/mol. The highest BCUT2D eigenvalue weighted by atomic mass is 19.1. The number of anilines is 2.